The van der Waals surface area contributed by atoms with Crippen molar-refractivity contribution in [3.63, 3.8) is 0 Å². The van der Waals surface area contributed by atoms with Crippen molar-refractivity contribution in [2.75, 3.05) is 33.4 Å². The van der Waals surface area contributed by atoms with Crippen LogP contribution in [0.1, 0.15) is 23.2 Å². The maximum atomic E-state index is 12.6. The Bertz CT molecular complexity index is 679. The summed E-state index contributed by atoms with van der Waals surface area (Å²) in [5, 5.41) is 2.88. The van der Waals surface area contributed by atoms with Crippen molar-refractivity contribution in [2.45, 2.75) is 29.9 Å². The van der Waals surface area contributed by atoms with Gasteiger partial charge in [0.15, 0.2) is 0 Å². The summed E-state index contributed by atoms with van der Waals surface area (Å²) < 4.78 is 37.2. The maximum Gasteiger partial charge on any atom is 0.251 e. The van der Waals surface area contributed by atoms with Gasteiger partial charge in [-0.3, -0.25) is 4.79 Å². The molecule has 1 saturated heterocycles. The summed E-state index contributed by atoms with van der Waals surface area (Å²) in [6, 6.07) is 6.28. The minimum atomic E-state index is -3.63. The number of sulfonamides is 1. The number of carbonyl (C=O) groups is 1. The van der Waals surface area contributed by atoms with Gasteiger partial charge in [-0.2, -0.15) is 4.31 Å². The van der Waals surface area contributed by atoms with E-state index in [1.807, 2.05) is 0 Å². The first-order valence-electron chi connectivity index (χ1n) is 8.03. The zero-order valence-corrected chi connectivity index (χ0v) is 14.4. The van der Waals surface area contributed by atoms with Gasteiger partial charge in [0, 0.05) is 25.2 Å². The first-order chi connectivity index (χ1) is 11.5. The summed E-state index contributed by atoms with van der Waals surface area (Å²) in [5.74, 6) is -0.164. The highest BCUT2D eigenvalue weighted by Gasteiger charge is 2.27. The van der Waals surface area contributed by atoms with Crippen LogP contribution < -0.4 is 5.32 Å². The summed E-state index contributed by atoms with van der Waals surface area (Å²) in [5.41, 5.74) is 0.465. The van der Waals surface area contributed by atoms with E-state index in [-0.39, 0.29) is 29.5 Å². The minimum Gasteiger partial charge on any atom is -0.376 e. The second kappa shape index (κ2) is 7.18. The van der Waals surface area contributed by atoms with Crippen molar-refractivity contribution >= 4 is 15.9 Å². The van der Waals surface area contributed by atoms with E-state index in [0.29, 0.717) is 25.4 Å². The standard InChI is InChI=1S/C16H22N2O5S/c1-18(10-14-11-22-8-9-23-14)24(20,21)15-6-2-12(3-7-15)16(19)17-13-4-5-13/h2-3,6-7,13-14H,4-5,8-11H2,1H3,(H,17,19). The second-order valence-electron chi connectivity index (χ2n) is 6.13. The van der Waals surface area contributed by atoms with Crippen LogP contribution >= 0.6 is 0 Å². The predicted octanol–water partition coefficient (Wildman–Crippen LogP) is 0.615. The molecule has 0 aromatic heterocycles. The number of rotatable bonds is 6. The molecule has 7 nitrogen and oxygen atoms in total. The van der Waals surface area contributed by atoms with Gasteiger partial charge < -0.3 is 14.8 Å². The number of ether oxygens (including phenoxy) is 2. The van der Waals surface area contributed by atoms with E-state index in [1.165, 1.54) is 23.5 Å². The van der Waals surface area contributed by atoms with Crippen molar-refractivity contribution in [1.29, 1.82) is 0 Å². The molecule has 2 aliphatic rings. The van der Waals surface area contributed by atoms with Crippen LogP contribution in [0.4, 0.5) is 0 Å². The molecule has 0 radical (unpaired) electrons. The molecule has 3 rings (SSSR count). The van der Waals surface area contributed by atoms with Crippen LogP contribution in [-0.4, -0.2) is 64.2 Å². The van der Waals surface area contributed by atoms with Gasteiger partial charge in [-0.05, 0) is 37.1 Å². The molecule has 1 unspecified atom stereocenters. The molecule has 1 atom stereocenters. The van der Waals surface area contributed by atoms with Gasteiger partial charge in [-0.1, -0.05) is 0 Å². The molecule has 1 amide bonds. The van der Waals surface area contributed by atoms with Gasteiger partial charge in [0.05, 0.1) is 30.8 Å². The Balaban J connectivity index is 1.65. The number of hydrogen-bond donors (Lipinski definition) is 1. The van der Waals surface area contributed by atoms with Crippen molar-refractivity contribution in [1.82, 2.24) is 9.62 Å². The van der Waals surface area contributed by atoms with E-state index in [9.17, 15) is 13.2 Å². The molecule has 0 spiro atoms. The Morgan fingerprint density at radius 1 is 1.25 bits per heavy atom. The molecule has 8 heteroatoms. The number of carbonyl (C=O) groups excluding carboxylic acids is 1. The fraction of sp³-hybridized carbons (Fsp3) is 0.562. The molecule has 1 N–H and O–H groups in total. The van der Waals surface area contributed by atoms with Crippen LogP contribution in [0.15, 0.2) is 29.2 Å². The highest BCUT2D eigenvalue weighted by molar-refractivity contribution is 7.89. The lowest BCUT2D eigenvalue weighted by Gasteiger charge is -2.27. The van der Waals surface area contributed by atoms with E-state index < -0.39 is 10.0 Å². The van der Waals surface area contributed by atoms with Crippen molar-refractivity contribution < 1.29 is 22.7 Å². The van der Waals surface area contributed by atoms with E-state index in [0.717, 1.165) is 12.8 Å². The fourth-order valence-electron chi connectivity index (χ4n) is 2.48. The molecule has 1 aliphatic heterocycles. The fourth-order valence-corrected chi connectivity index (χ4v) is 3.68. The maximum absolute atomic E-state index is 12.6. The average Bonchev–Trinajstić information content (AvgIpc) is 3.40. The summed E-state index contributed by atoms with van der Waals surface area (Å²) in [6.45, 7) is 1.63. The van der Waals surface area contributed by atoms with Gasteiger partial charge in [0.25, 0.3) is 5.91 Å². The Hall–Kier alpha value is -1.48. The molecule has 1 aliphatic carbocycles. The lowest BCUT2D eigenvalue weighted by atomic mass is 10.2. The average molecular weight is 354 g/mol. The van der Waals surface area contributed by atoms with Crippen LogP contribution in [0.5, 0.6) is 0 Å². The Labute approximate surface area is 142 Å². The van der Waals surface area contributed by atoms with Crippen LogP contribution in [0.25, 0.3) is 0 Å². The predicted molar refractivity (Wildman–Crippen MR) is 87.3 cm³/mol. The lowest BCUT2D eigenvalue weighted by molar-refractivity contribution is -0.0909. The first kappa shape index (κ1) is 17.3. The van der Waals surface area contributed by atoms with Crippen LogP contribution in [0.3, 0.4) is 0 Å². The smallest absolute Gasteiger partial charge is 0.251 e. The largest absolute Gasteiger partial charge is 0.376 e. The minimum absolute atomic E-state index is 0.157. The summed E-state index contributed by atoms with van der Waals surface area (Å²) in [7, 11) is -2.11. The molecule has 1 saturated carbocycles. The molecule has 1 aromatic rings. The zero-order valence-electron chi connectivity index (χ0n) is 13.6. The Morgan fingerprint density at radius 2 is 1.96 bits per heavy atom. The number of nitrogens with zero attached hydrogens (tertiary/aromatic N) is 1. The second-order valence-corrected chi connectivity index (χ2v) is 8.17. The van der Waals surface area contributed by atoms with Crippen LogP contribution in [0, 0.1) is 0 Å². The molecule has 1 aromatic carbocycles. The Morgan fingerprint density at radius 3 is 2.54 bits per heavy atom. The summed E-state index contributed by atoms with van der Waals surface area (Å²) >= 11 is 0. The van der Waals surface area contributed by atoms with Gasteiger partial charge in [0.2, 0.25) is 10.0 Å². The van der Waals surface area contributed by atoms with Crippen molar-refractivity contribution in [3.8, 4) is 0 Å². The molecule has 24 heavy (non-hydrogen) atoms. The SMILES string of the molecule is CN(CC1COCCO1)S(=O)(=O)c1ccc(C(=O)NC2CC2)cc1. The van der Waals surface area contributed by atoms with E-state index in [2.05, 4.69) is 5.32 Å². The quantitative estimate of drug-likeness (QED) is 0.809. The number of benzene rings is 1. The first-order valence-corrected chi connectivity index (χ1v) is 9.47. The normalized spacial score (nSPS) is 21.7. The van der Waals surface area contributed by atoms with E-state index >= 15 is 0 Å². The molecule has 2 fully saturated rings. The van der Waals surface area contributed by atoms with E-state index in [1.54, 1.807) is 12.1 Å². The summed E-state index contributed by atoms with van der Waals surface area (Å²) in [6.07, 6.45) is 1.76. The molecule has 132 valence electrons. The van der Waals surface area contributed by atoms with Gasteiger partial charge >= 0.3 is 0 Å². The highest BCUT2D eigenvalue weighted by atomic mass is 32.2. The Kier molecular flexibility index (Phi) is 5.19. The van der Waals surface area contributed by atoms with Crippen LogP contribution in [-0.2, 0) is 19.5 Å². The lowest BCUT2D eigenvalue weighted by Crippen LogP contribution is -2.40. The molecule has 0 bridgehead atoms. The number of nitrogens with one attached hydrogen (secondary N) is 1. The van der Waals surface area contributed by atoms with Gasteiger partial charge in [0.1, 0.15) is 0 Å². The number of hydrogen-bond acceptors (Lipinski definition) is 5. The van der Waals surface area contributed by atoms with Gasteiger partial charge in [-0.25, -0.2) is 8.42 Å². The number of amides is 1. The monoisotopic (exact) mass is 354 g/mol. The van der Waals surface area contributed by atoms with Crippen molar-refractivity contribution in [2.24, 2.45) is 0 Å². The third-order valence-electron chi connectivity index (χ3n) is 4.08. The summed E-state index contributed by atoms with van der Waals surface area (Å²) in [4.78, 5) is 12.1. The zero-order chi connectivity index (χ0) is 17.2. The molecular formula is C16H22N2O5S. The van der Waals surface area contributed by atoms with Gasteiger partial charge in [-0.15, -0.1) is 0 Å². The van der Waals surface area contributed by atoms with E-state index in [4.69, 9.17) is 9.47 Å². The highest BCUT2D eigenvalue weighted by Crippen LogP contribution is 2.20. The number of likely N-dealkylation sites (N-methyl/N-ethyl adjacent to an activating group) is 1. The van der Waals surface area contributed by atoms with Crippen LogP contribution in [0.2, 0.25) is 0 Å². The van der Waals surface area contributed by atoms with Crippen molar-refractivity contribution in [3.05, 3.63) is 29.8 Å². The topological polar surface area (TPSA) is 84.9 Å². The third-order valence-corrected chi connectivity index (χ3v) is 5.92. The third kappa shape index (κ3) is 4.13. The molecule has 1 heterocycles. The molecular weight excluding hydrogens is 332 g/mol.